The van der Waals surface area contributed by atoms with Crippen LogP contribution in [0, 0.1) is 11.8 Å². The van der Waals surface area contributed by atoms with Crippen LogP contribution in [0.1, 0.15) is 13.8 Å². The summed E-state index contributed by atoms with van der Waals surface area (Å²) in [6.45, 7) is 4.54. The molecule has 0 amide bonds. The van der Waals surface area contributed by atoms with Crippen molar-refractivity contribution in [2.75, 3.05) is 6.61 Å². The number of hydrogen-bond donors (Lipinski definition) is 0. The Hall–Kier alpha value is -0.530. The van der Waals surface area contributed by atoms with E-state index in [2.05, 4.69) is 0 Å². The number of carbonyl (C=O) groups is 1. The van der Waals surface area contributed by atoms with Crippen LogP contribution in [0.15, 0.2) is 0 Å². The fourth-order valence-electron chi connectivity index (χ4n) is 0.722. The van der Waals surface area contributed by atoms with Gasteiger partial charge in [0.1, 0.15) is 0 Å². The van der Waals surface area contributed by atoms with E-state index in [1.165, 1.54) is 0 Å². The zero-order valence-electron chi connectivity index (χ0n) is 5.18. The molecule has 2 atom stereocenters. The molecule has 0 saturated carbocycles. The number of esters is 1. The fraction of sp³-hybridized carbons (Fsp3) is 0.833. The van der Waals surface area contributed by atoms with Crippen LogP contribution in [0.2, 0.25) is 0 Å². The van der Waals surface area contributed by atoms with Gasteiger partial charge in [-0.25, -0.2) is 0 Å². The smallest absolute Gasteiger partial charge is 0.309 e. The van der Waals surface area contributed by atoms with Gasteiger partial charge in [-0.05, 0) is 0 Å². The van der Waals surface area contributed by atoms with Crippen molar-refractivity contribution in [2.24, 2.45) is 11.8 Å². The number of ether oxygens (including phenoxy) is 1. The first-order valence-electron chi connectivity index (χ1n) is 2.88. The van der Waals surface area contributed by atoms with Gasteiger partial charge in [0.2, 0.25) is 0 Å². The second-order valence-electron chi connectivity index (χ2n) is 2.40. The Labute approximate surface area is 48.8 Å². The molecule has 0 aliphatic carbocycles. The van der Waals surface area contributed by atoms with Gasteiger partial charge in [-0.3, -0.25) is 4.79 Å². The van der Waals surface area contributed by atoms with Crippen LogP contribution in [0.3, 0.4) is 0 Å². The molecule has 1 saturated heterocycles. The van der Waals surface area contributed by atoms with E-state index in [1.807, 2.05) is 13.8 Å². The highest BCUT2D eigenvalue weighted by atomic mass is 16.5. The van der Waals surface area contributed by atoms with E-state index in [0.29, 0.717) is 12.5 Å². The first kappa shape index (κ1) is 5.60. The molecule has 1 aliphatic rings. The van der Waals surface area contributed by atoms with Gasteiger partial charge < -0.3 is 4.74 Å². The highest BCUT2D eigenvalue weighted by molar-refractivity contribution is 5.74. The van der Waals surface area contributed by atoms with E-state index in [9.17, 15) is 4.79 Å². The summed E-state index contributed by atoms with van der Waals surface area (Å²) in [5, 5.41) is 0. The SMILES string of the molecule is C[C@@H]1COC(=O)[C@H]1C. The van der Waals surface area contributed by atoms with Gasteiger partial charge >= 0.3 is 5.97 Å². The van der Waals surface area contributed by atoms with Crippen molar-refractivity contribution in [3.05, 3.63) is 0 Å². The van der Waals surface area contributed by atoms with Gasteiger partial charge in [-0.1, -0.05) is 13.8 Å². The normalized spacial score (nSPS) is 37.5. The van der Waals surface area contributed by atoms with Crippen LogP contribution in [0.5, 0.6) is 0 Å². The Morgan fingerprint density at radius 1 is 1.62 bits per heavy atom. The van der Waals surface area contributed by atoms with Crippen molar-refractivity contribution in [2.45, 2.75) is 13.8 Å². The molecule has 2 heteroatoms. The van der Waals surface area contributed by atoms with Crippen LogP contribution in [0.25, 0.3) is 0 Å². The zero-order valence-corrected chi connectivity index (χ0v) is 5.18. The Morgan fingerprint density at radius 3 is 2.38 bits per heavy atom. The first-order valence-corrected chi connectivity index (χ1v) is 2.88. The third-order valence-electron chi connectivity index (χ3n) is 1.71. The van der Waals surface area contributed by atoms with E-state index in [-0.39, 0.29) is 11.9 Å². The fourth-order valence-corrected chi connectivity index (χ4v) is 0.722. The maximum absolute atomic E-state index is 10.6. The average Bonchev–Trinajstić information content (AvgIpc) is 1.98. The first-order chi connectivity index (χ1) is 3.72. The minimum absolute atomic E-state index is 0.0440. The summed E-state index contributed by atoms with van der Waals surface area (Å²) in [5.74, 6) is 0.495. The Bertz CT molecular complexity index is 109. The monoisotopic (exact) mass is 114 g/mol. The Kier molecular flexibility index (Phi) is 1.24. The third kappa shape index (κ3) is 0.703. The van der Waals surface area contributed by atoms with Crippen molar-refractivity contribution in [3.63, 3.8) is 0 Å². The predicted molar refractivity (Wildman–Crippen MR) is 29.3 cm³/mol. The second-order valence-corrected chi connectivity index (χ2v) is 2.40. The van der Waals surface area contributed by atoms with Crippen LogP contribution in [0.4, 0.5) is 0 Å². The largest absolute Gasteiger partial charge is 0.465 e. The lowest BCUT2D eigenvalue weighted by Crippen LogP contribution is -2.07. The molecule has 0 bridgehead atoms. The molecule has 0 radical (unpaired) electrons. The van der Waals surface area contributed by atoms with Gasteiger partial charge in [0.05, 0.1) is 12.5 Å². The van der Waals surface area contributed by atoms with Gasteiger partial charge in [0.25, 0.3) is 0 Å². The molecule has 8 heavy (non-hydrogen) atoms. The number of cyclic esters (lactones) is 1. The minimum atomic E-state index is -0.0440. The van der Waals surface area contributed by atoms with Crippen molar-refractivity contribution in [1.82, 2.24) is 0 Å². The Morgan fingerprint density at radius 2 is 2.25 bits per heavy atom. The predicted octanol–water partition coefficient (Wildman–Crippen LogP) is 0.815. The number of hydrogen-bond acceptors (Lipinski definition) is 2. The maximum atomic E-state index is 10.6. The van der Waals surface area contributed by atoms with Crippen molar-refractivity contribution in [3.8, 4) is 0 Å². The van der Waals surface area contributed by atoms with Gasteiger partial charge in [0.15, 0.2) is 0 Å². The quantitative estimate of drug-likeness (QED) is 0.436. The molecule has 0 N–H and O–H groups in total. The summed E-state index contributed by atoms with van der Waals surface area (Å²) in [6, 6.07) is 0. The summed E-state index contributed by atoms with van der Waals surface area (Å²) in [6.07, 6.45) is 0. The molecule has 1 aliphatic heterocycles. The van der Waals surface area contributed by atoms with Crippen LogP contribution in [-0.2, 0) is 9.53 Å². The molecule has 0 aromatic rings. The molecular weight excluding hydrogens is 104 g/mol. The van der Waals surface area contributed by atoms with Crippen LogP contribution >= 0.6 is 0 Å². The highest BCUT2D eigenvalue weighted by Crippen LogP contribution is 2.19. The lowest BCUT2D eigenvalue weighted by Gasteiger charge is -1.98. The minimum Gasteiger partial charge on any atom is -0.465 e. The molecule has 46 valence electrons. The third-order valence-corrected chi connectivity index (χ3v) is 1.71. The van der Waals surface area contributed by atoms with Crippen molar-refractivity contribution >= 4 is 5.97 Å². The van der Waals surface area contributed by atoms with Gasteiger partial charge in [-0.15, -0.1) is 0 Å². The van der Waals surface area contributed by atoms with E-state index >= 15 is 0 Å². The summed E-state index contributed by atoms with van der Waals surface area (Å²) in [5.41, 5.74) is 0. The molecule has 0 spiro atoms. The lowest BCUT2D eigenvalue weighted by atomic mass is 10.0. The van der Waals surface area contributed by atoms with Crippen LogP contribution in [-0.4, -0.2) is 12.6 Å². The standard InChI is InChI=1S/C6H10O2/c1-4-3-8-6(7)5(4)2/h4-5H,3H2,1-2H3/t4-,5+/m1/s1. The average molecular weight is 114 g/mol. The molecule has 0 aromatic heterocycles. The lowest BCUT2D eigenvalue weighted by molar-refractivity contribution is -0.140. The highest BCUT2D eigenvalue weighted by Gasteiger charge is 2.28. The zero-order chi connectivity index (χ0) is 6.15. The molecule has 2 nitrogen and oxygen atoms in total. The number of rotatable bonds is 0. The van der Waals surface area contributed by atoms with Crippen molar-refractivity contribution in [1.29, 1.82) is 0 Å². The molecule has 0 aromatic carbocycles. The summed E-state index contributed by atoms with van der Waals surface area (Å²) in [7, 11) is 0. The molecule has 1 heterocycles. The maximum Gasteiger partial charge on any atom is 0.309 e. The van der Waals surface area contributed by atoms with Crippen molar-refractivity contribution < 1.29 is 9.53 Å². The van der Waals surface area contributed by atoms with E-state index in [0.717, 1.165) is 0 Å². The molecular formula is C6H10O2. The van der Waals surface area contributed by atoms with E-state index < -0.39 is 0 Å². The summed E-state index contributed by atoms with van der Waals surface area (Å²) in [4.78, 5) is 10.6. The summed E-state index contributed by atoms with van der Waals surface area (Å²) >= 11 is 0. The van der Waals surface area contributed by atoms with E-state index in [4.69, 9.17) is 4.74 Å². The molecule has 0 unspecified atom stereocenters. The summed E-state index contributed by atoms with van der Waals surface area (Å²) < 4.78 is 4.74. The molecule has 1 fully saturated rings. The van der Waals surface area contributed by atoms with Gasteiger partial charge in [0, 0.05) is 5.92 Å². The van der Waals surface area contributed by atoms with Gasteiger partial charge in [-0.2, -0.15) is 0 Å². The topological polar surface area (TPSA) is 26.3 Å². The number of carbonyl (C=O) groups excluding carboxylic acids is 1. The molecule has 1 rings (SSSR count). The Balaban J connectivity index is 2.56. The van der Waals surface area contributed by atoms with Crippen LogP contribution < -0.4 is 0 Å². The van der Waals surface area contributed by atoms with E-state index in [1.54, 1.807) is 0 Å². The second kappa shape index (κ2) is 1.77.